The first kappa shape index (κ1) is 41.3. The number of halogens is 3. The Labute approximate surface area is 338 Å². The highest BCUT2D eigenvalue weighted by Gasteiger charge is 2.32. The first-order chi connectivity index (χ1) is 25.9. The van der Waals surface area contributed by atoms with Crippen LogP contribution >= 0.6 is 43.5 Å². The Morgan fingerprint density at radius 3 is 2.30 bits per heavy atom. The minimum Gasteiger partial charge on any atom is -0.503 e. The zero-order valence-electron chi connectivity index (χ0n) is 30.0. The molecule has 4 aromatic rings. The number of phenolic OH excluding ortho intramolecular Hbond substituents is 1. The van der Waals surface area contributed by atoms with E-state index in [0.29, 0.717) is 64.6 Å². The van der Waals surface area contributed by atoms with E-state index in [1.165, 1.54) is 14.2 Å². The van der Waals surface area contributed by atoms with Crippen LogP contribution in [0, 0.1) is 0 Å². The third-order valence-corrected chi connectivity index (χ3v) is 11.8. The second-order valence-electron chi connectivity index (χ2n) is 12.7. The van der Waals surface area contributed by atoms with Gasteiger partial charge in [-0.3, -0.25) is 9.59 Å². The van der Waals surface area contributed by atoms with E-state index in [1.807, 2.05) is 29.2 Å². The number of ether oxygens (including phenoxy) is 2. The molecule has 54 heavy (non-hydrogen) atoms. The predicted octanol–water partition coefficient (Wildman–Crippen LogP) is 8.77. The van der Waals surface area contributed by atoms with Gasteiger partial charge in [0, 0.05) is 40.3 Å². The number of nitrogens with zero attached hydrogens (tertiary/aromatic N) is 1. The number of benzene rings is 4. The molecule has 0 spiro atoms. The van der Waals surface area contributed by atoms with Gasteiger partial charge in [0.2, 0.25) is 10.0 Å². The minimum atomic E-state index is -3.65. The molecule has 0 radical (unpaired) electrons. The molecule has 0 aliphatic carbocycles. The Hall–Kier alpha value is -3.88. The summed E-state index contributed by atoms with van der Waals surface area (Å²) in [4.78, 5) is 28.2. The second kappa shape index (κ2) is 19.1. The predicted molar refractivity (Wildman–Crippen MR) is 220 cm³/mol. The van der Waals surface area contributed by atoms with Crippen molar-refractivity contribution in [2.75, 3.05) is 38.8 Å². The maximum absolute atomic E-state index is 13.6. The SMILES string of the molecule is COc1ccc(Cl)cc1C(=O)NCCc1ccc(S(=O)(=O)NCCCCCCCCN2C(=O)C(=Cc3cc(Br)c(O)c(OC)c3)c3cc(Br)ccc32)cc1. The Bertz CT molecular complexity index is 2130. The number of carbonyl (C=O) groups is 2. The smallest absolute Gasteiger partial charge is 0.258 e. The van der Waals surface area contributed by atoms with Gasteiger partial charge in [-0.05, 0) is 113 Å². The number of sulfonamides is 1. The Kier molecular flexibility index (Phi) is 14.6. The lowest BCUT2D eigenvalue weighted by Gasteiger charge is -2.17. The van der Waals surface area contributed by atoms with Crippen molar-refractivity contribution >= 4 is 82.6 Å². The minimum absolute atomic E-state index is 0.000676. The van der Waals surface area contributed by atoms with E-state index in [-0.39, 0.29) is 22.5 Å². The van der Waals surface area contributed by atoms with Gasteiger partial charge in [-0.2, -0.15) is 0 Å². The van der Waals surface area contributed by atoms with Gasteiger partial charge in [-0.25, -0.2) is 13.1 Å². The third kappa shape index (κ3) is 10.4. The summed E-state index contributed by atoms with van der Waals surface area (Å²) in [6, 6.07) is 20.7. The Morgan fingerprint density at radius 1 is 0.870 bits per heavy atom. The largest absolute Gasteiger partial charge is 0.503 e. The summed E-state index contributed by atoms with van der Waals surface area (Å²) in [5.74, 6) is 0.362. The molecule has 4 aromatic carbocycles. The van der Waals surface area contributed by atoms with E-state index in [4.69, 9.17) is 21.1 Å². The summed E-state index contributed by atoms with van der Waals surface area (Å²) in [6.45, 7) is 1.28. The van der Waals surface area contributed by atoms with Crippen LogP contribution in [0.2, 0.25) is 5.02 Å². The number of rotatable bonds is 18. The average molecular weight is 904 g/mol. The summed E-state index contributed by atoms with van der Waals surface area (Å²) in [5, 5.41) is 13.5. The maximum atomic E-state index is 13.6. The van der Waals surface area contributed by atoms with Crippen LogP contribution < -0.4 is 24.4 Å². The van der Waals surface area contributed by atoms with Crippen molar-refractivity contribution in [2.24, 2.45) is 0 Å². The number of hydrogen-bond acceptors (Lipinski definition) is 7. The number of nitrogens with one attached hydrogen (secondary N) is 2. The summed E-state index contributed by atoms with van der Waals surface area (Å²) >= 11 is 12.9. The summed E-state index contributed by atoms with van der Waals surface area (Å²) in [5.41, 5.74) is 4.23. The van der Waals surface area contributed by atoms with Gasteiger partial charge >= 0.3 is 0 Å². The molecule has 0 fully saturated rings. The highest BCUT2D eigenvalue weighted by atomic mass is 79.9. The molecule has 1 heterocycles. The number of phenols is 1. The van der Waals surface area contributed by atoms with Crippen LogP contribution in [0.3, 0.4) is 0 Å². The molecule has 0 atom stereocenters. The molecule has 0 saturated carbocycles. The van der Waals surface area contributed by atoms with Crippen LogP contribution in [-0.4, -0.2) is 59.2 Å². The number of fused-ring (bicyclic) bond motifs is 1. The molecule has 1 aliphatic heterocycles. The van der Waals surface area contributed by atoms with Crippen molar-refractivity contribution in [3.05, 3.63) is 109 Å². The zero-order chi connectivity index (χ0) is 38.8. The normalized spacial score (nSPS) is 13.3. The first-order valence-corrected chi connectivity index (χ1v) is 21.0. The highest BCUT2D eigenvalue weighted by molar-refractivity contribution is 9.10. The molecule has 1 aliphatic rings. The lowest BCUT2D eigenvalue weighted by molar-refractivity contribution is -0.113. The van der Waals surface area contributed by atoms with Gasteiger partial charge in [0.15, 0.2) is 11.5 Å². The van der Waals surface area contributed by atoms with Crippen LogP contribution in [0.4, 0.5) is 5.69 Å². The van der Waals surface area contributed by atoms with Crippen molar-refractivity contribution in [1.29, 1.82) is 0 Å². The number of carbonyl (C=O) groups excluding carboxylic acids is 2. The van der Waals surface area contributed by atoms with Crippen molar-refractivity contribution in [2.45, 2.75) is 49.8 Å². The van der Waals surface area contributed by atoms with E-state index in [9.17, 15) is 23.1 Å². The number of anilines is 1. The molecule has 0 aromatic heterocycles. The number of amides is 2. The topological polar surface area (TPSA) is 134 Å². The Balaban J connectivity index is 1.01. The fraction of sp³-hybridized carbons (Fsp3) is 0.300. The van der Waals surface area contributed by atoms with E-state index >= 15 is 0 Å². The molecule has 0 saturated heterocycles. The fourth-order valence-electron chi connectivity index (χ4n) is 6.19. The van der Waals surface area contributed by atoms with Gasteiger partial charge < -0.3 is 24.8 Å². The van der Waals surface area contributed by atoms with Crippen molar-refractivity contribution in [3.63, 3.8) is 0 Å². The molecule has 0 bridgehead atoms. The second-order valence-corrected chi connectivity index (χ2v) is 16.7. The summed E-state index contributed by atoms with van der Waals surface area (Å²) < 4.78 is 40.3. The summed E-state index contributed by atoms with van der Waals surface area (Å²) in [7, 11) is -0.678. The maximum Gasteiger partial charge on any atom is 0.258 e. The van der Waals surface area contributed by atoms with Crippen LogP contribution in [0.5, 0.6) is 17.2 Å². The third-order valence-electron chi connectivity index (χ3n) is 9.04. The molecule has 14 heteroatoms. The number of methoxy groups -OCH3 is 2. The molecule has 0 unspecified atom stereocenters. The highest BCUT2D eigenvalue weighted by Crippen LogP contribution is 2.41. The van der Waals surface area contributed by atoms with Crippen LogP contribution in [0.15, 0.2) is 86.6 Å². The van der Waals surface area contributed by atoms with Gasteiger partial charge in [-0.15, -0.1) is 0 Å². The summed E-state index contributed by atoms with van der Waals surface area (Å²) in [6.07, 6.45) is 7.63. The van der Waals surface area contributed by atoms with Crippen molar-refractivity contribution < 1.29 is 32.6 Å². The monoisotopic (exact) mass is 901 g/mol. The zero-order valence-corrected chi connectivity index (χ0v) is 34.7. The number of unbranched alkanes of at least 4 members (excludes halogenated alkanes) is 5. The molecule has 3 N–H and O–H groups in total. The lowest BCUT2D eigenvalue weighted by atomic mass is 10.0. The van der Waals surface area contributed by atoms with Gasteiger partial charge in [-0.1, -0.05) is 65.3 Å². The molecule has 2 amide bonds. The quantitative estimate of drug-likeness (QED) is 0.0672. The molecular weight excluding hydrogens is 862 g/mol. The van der Waals surface area contributed by atoms with Gasteiger partial charge in [0.25, 0.3) is 11.8 Å². The molecule has 5 rings (SSSR count). The lowest BCUT2D eigenvalue weighted by Crippen LogP contribution is -2.27. The van der Waals surface area contributed by atoms with E-state index in [1.54, 1.807) is 54.6 Å². The van der Waals surface area contributed by atoms with E-state index in [0.717, 1.165) is 59.0 Å². The molecule has 10 nitrogen and oxygen atoms in total. The number of aromatic hydroxyl groups is 1. The first-order valence-electron chi connectivity index (χ1n) is 17.5. The number of hydrogen-bond donors (Lipinski definition) is 3. The van der Waals surface area contributed by atoms with Crippen molar-refractivity contribution in [1.82, 2.24) is 10.0 Å². The van der Waals surface area contributed by atoms with Crippen LogP contribution in [0.25, 0.3) is 11.6 Å². The molecule has 286 valence electrons. The van der Waals surface area contributed by atoms with Crippen LogP contribution in [-0.2, 0) is 21.2 Å². The van der Waals surface area contributed by atoms with E-state index in [2.05, 4.69) is 41.9 Å². The van der Waals surface area contributed by atoms with Crippen LogP contribution in [0.1, 0.15) is 65.6 Å². The molecular formula is C40H42Br2ClN3O7S. The standard InChI is InChI=1S/C40H42Br2ClN3O7S/c1-52-36-16-12-29(43)25-33(36)39(48)44-19-17-26-9-13-30(14-10-26)54(50,51)45-18-7-5-3-4-6-8-20-46-35-15-11-28(41)24-31(35)32(40(46)49)21-27-22-34(42)38(47)37(23-27)53-2/h9-16,21-25,45,47H,3-8,17-20H2,1-2H3,(H,44,48). The fourth-order valence-corrected chi connectivity index (χ4v) is 8.26. The van der Waals surface area contributed by atoms with E-state index < -0.39 is 10.0 Å². The average Bonchev–Trinajstić information content (AvgIpc) is 3.40. The Morgan fingerprint density at radius 2 is 1.57 bits per heavy atom. The van der Waals surface area contributed by atoms with Crippen molar-refractivity contribution in [3.8, 4) is 17.2 Å². The van der Waals surface area contributed by atoms with Gasteiger partial charge in [0.05, 0.1) is 34.8 Å². The van der Waals surface area contributed by atoms with Gasteiger partial charge in [0.1, 0.15) is 5.75 Å².